The van der Waals surface area contributed by atoms with Crippen molar-refractivity contribution in [3.8, 4) is 6.01 Å². The molecule has 0 radical (unpaired) electrons. The van der Waals surface area contributed by atoms with Gasteiger partial charge in [-0.25, -0.2) is 4.98 Å². The van der Waals surface area contributed by atoms with Crippen molar-refractivity contribution in [2.75, 3.05) is 35.6 Å². The predicted octanol–water partition coefficient (Wildman–Crippen LogP) is 6.16. The second-order valence-electron chi connectivity index (χ2n) is 13.7. The van der Waals surface area contributed by atoms with Crippen LogP contribution < -0.4 is 31.3 Å². The Kier molecular flexibility index (Phi) is 11.0. The molecule has 0 bridgehead atoms. The Morgan fingerprint density at radius 1 is 0.868 bits per heavy atom. The molecular weight excluding hydrogens is 735 g/mol. The molecule has 4 aromatic rings. The van der Waals surface area contributed by atoms with Crippen molar-refractivity contribution < 1.29 is 32.3 Å². The van der Waals surface area contributed by atoms with Crippen LogP contribution in [0.2, 0.25) is 5.02 Å². The molecular formula is C35H37ClF3N9O4S. The van der Waals surface area contributed by atoms with Crippen LogP contribution in [-0.4, -0.2) is 63.5 Å². The zero-order chi connectivity index (χ0) is 37.8. The highest BCUT2D eigenvalue weighted by Gasteiger charge is 2.45. The monoisotopic (exact) mass is 771 g/mol. The number of carbonyl (C=O) groups is 3. The number of hydrogen-bond donors (Lipinski definition) is 5. The van der Waals surface area contributed by atoms with Gasteiger partial charge in [-0.1, -0.05) is 37.6 Å². The van der Waals surface area contributed by atoms with E-state index in [-0.39, 0.29) is 30.9 Å². The Bertz CT molecular complexity index is 1950. The number of nitrogens with one attached hydrogen (secondary N) is 5. The van der Waals surface area contributed by atoms with Gasteiger partial charge in [-0.05, 0) is 85.9 Å². The average Bonchev–Trinajstić information content (AvgIpc) is 3.78. The minimum absolute atomic E-state index is 0.0143. The van der Waals surface area contributed by atoms with Crippen molar-refractivity contribution in [3.63, 3.8) is 0 Å². The third-order valence-corrected chi connectivity index (χ3v) is 9.93. The van der Waals surface area contributed by atoms with Crippen molar-refractivity contribution in [1.29, 1.82) is 0 Å². The molecule has 18 heteroatoms. The normalized spacial score (nSPS) is 14.8. The van der Waals surface area contributed by atoms with Crippen LogP contribution in [0, 0.1) is 5.41 Å². The summed E-state index contributed by atoms with van der Waals surface area (Å²) in [5, 5.41) is 15.2. The summed E-state index contributed by atoms with van der Waals surface area (Å²) in [4.78, 5) is 55.9. The van der Waals surface area contributed by atoms with E-state index >= 15 is 0 Å². The molecule has 0 aliphatic heterocycles. The standard InChI is InChI=1S/C35H37ClF3N9O4S/c1-33(2,18-41-27(50)28(51)44-32-43-24-5-3-4-6-25(24)53-32)17-40-26(49)20-7-13-23(14-8-20)42-29-45-30(47-31(46-29)52-19-35(37,38)39)48-34(15-16-34)21-9-11-22(36)12-10-21/h7-14H,3-6,15-19H2,1-2H3,(H,40,49)(H,41,50)(H,43,44,51)(H2,42,45,46,47,48). The molecule has 0 saturated heterocycles. The molecule has 2 aromatic heterocycles. The fourth-order valence-corrected chi connectivity index (χ4v) is 6.72. The van der Waals surface area contributed by atoms with E-state index in [0.717, 1.165) is 54.7 Å². The first kappa shape index (κ1) is 37.7. The lowest BCUT2D eigenvalue weighted by Gasteiger charge is -2.25. The van der Waals surface area contributed by atoms with Crippen LogP contribution >= 0.6 is 22.9 Å². The maximum Gasteiger partial charge on any atom is 0.422 e. The fraction of sp³-hybridized carbons (Fsp3) is 0.400. The summed E-state index contributed by atoms with van der Waals surface area (Å²) in [7, 11) is 0. The Morgan fingerprint density at radius 2 is 1.55 bits per heavy atom. The lowest BCUT2D eigenvalue weighted by Crippen LogP contribution is -2.44. The molecule has 1 fully saturated rings. The number of ether oxygens (including phenoxy) is 1. The van der Waals surface area contributed by atoms with Gasteiger partial charge in [0.2, 0.25) is 11.9 Å². The predicted molar refractivity (Wildman–Crippen MR) is 194 cm³/mol. The number of thiazole rings is 1. The highest BCUT2D eigenvalue weighted by Crippen LogP contribution is 2.48. The molecule has 3 amide bonds. The molecule has 2 aromatic carbocycles. The maximum atomic E-state index is 13.0. The number of amides is 3. The van der Waals surface area contributed by atoms with Crippen molar-refractivity contribution >= 4 is 63.4 Å². The summed E-state index contributed by atoms with van der Waals surface area (Å²) in [5.74, 6) is -2.04. The zero-order valence-electron chi connectivity index (χ0n) is 28.8. The van der Waals surface area contributed by atoms with Gasteiger partial charge in [0, 0.05) is 34.2 Å². The summed E-state index contributed by atoms with van der Waals surface area (Å²) in [6, 6.07) is 13.0. The summed E-state index contributed by atoms with van der Waals surface area (Å²) < 4.78 is 43.7. The summed E-state index contributed by atoms with van der Waals surface area (Å²) in [5.41, 5.74) is 1.55. The first-order valence-electron chi connectivity index (χ1n) is 16.9. The lowest BCUT2D eigenvalue weighted by atomic mass is 9.93. The number of benzene rings is 2. The minimum atomic E-state index is -4.60. The van der Waals surface area contributed by atoms with Crippen LogP contribution in [0.15, 0.2) is 48.5 Å². The first-order chi connectivity index (χ1) is 25.2. The molecule has 2 aliphatic rings. The lowest BCUT2D eigenvalue weighted by molar-refractivity contribution is -0.154. The minimum Gasteiger partial charge on any atom is -0.454 e. The summed E-state index contributed by atoms with van der Waals surface area (Å²) >= 11 is 7.43. The first-order valence-corrected chi connectivity index (χ1v) is 18.1. The van der Waals surface area contributed by atoms with Crippen molar-refractivity contribution in [2.24, 2.45) is 5.41 Å². The van der Waals surface area contributed by atoms with E-state index in [9.17, 15) is 27.6 Å². The molecule has 53 heavy (non-hydrogen) atoms. The fourth-order valence-electron chi connectivity index (χ4n) is 5.55. The highest BCUT2D eigenvalue weighted by molar-refractivity contribution is 7.16. The topological polar surface area (TPSA) is 172 Å². The number of alkyl halides is 3. The molecule has 5 N–H and O–H groups in total. The van der Waals surface area contributed by atoms with Crippen molar-refractivity contribution in [3.05, 3.63) is 75.3 Å². The number of hydrogen-bond acceptors (Lipinski definition) is 11. The van der Waals surface area contributed by atoms with E-state index in [0.29, 0.717) is 21.4 Å². The molecule has 0 unspecified atom stereocenters. The van der Waals surface area contributed by atoms with Gasteiger partial charge in [0.25, 0.3) is 5.91 Å². The van der Waals surface area contributed by atoms with Crippen LogP contribution in [0.5, 0.6) is 6.01 Å². The van der Waals surface area contributed by atoms with E-state index in [2.05, 4.69) is 46.5 Å². The van der Waals surface area contributed by atoms with Gasteiger partial charge in [-0.2, -0.15) is 28.1 Å². The Morgan fingerprint density at radius 3 is 2.23 bits per heavy atom. The van der Waals surface area contributed by atoms with Gasteiger partial charge >= 0.3 is 24.0 Å². The van der Waals surface area contributed by atoms with Gasteiger partial charge in [-0.3, -0.25) is 19.7 Å². The SMILES string of the molecule is CC(C)(CNC(=O)C(=O)Nc1nc2c(s1)CCCC2)CNC(=O)c1ccc(Nc2nc(NC3(c4ccc(Cl)cc4)CC3)nc(OCC(F)(F)F)n2)cc1. The Balaban J connectivity index is 1.03. The van der Waals surface area contributed by atoms with Gasteiger partial charge < -0.3 is 26.0 Å². The Hall–Kier alpha value is -5.03. The number of aryl methyl sites for hydroxylation is 2. The molecule has 0 atom stereocenters. The highest BCUT2D eigenvalue weighted by atomic mass is 35.5. The smallest absolute Gasteiger partial charge is 0.422 e. The molecule has 0 spiro atoms. The quantitative estimate of drug-likeness (QED) is 0.0993. The molecule has 1 saturated carbocycles. The third kappa shape index (κ3) is 10.3. The number of halogens is 4. The number of rotatable bonds is 13. The van der Waals surface area contributed by atoms with Gasteiger partial charge in [0.15, 0.2) is 11.7 Å². The van der Waals surface area contributed by atoms with Gasteiger partial charge in [0.05, 0.1) is 11.2 Å². The number of carbonyl (C=O) groups excluding carboxylic acids is 3. The van der Waals surface area contributed by atoms with Gasteiger partial charge in [-0.15, -0.1) is 11.3 Å². The van der Waals surface area contributed by atoms with Crippen molar-refractivity contribution in [1.82, 2.24) is 30.6 Å². The Labute approximate surface area is 311 Å². The third-order valence-electron chi connectivity index (χ3n) is 8.61. The van der Waals surface area contributed by atoms with Crippen molar-refractivity contribution in [2.45, 2.75) is 64.1 Å². The number of nitrogens with zero attached hydrogens (tertiary/aromatic N) is 4. The van der Waals surface area contributed by atoms with Gasteiger partial charge in [0.1, 0.15) is 0 Å². The van der Waals surface area contributed by atoms with Crippen LogP contribution in [-0.2, 0) is 28.0 Å². The molecule has 280 valence electrons. The van der Waals surface area contributed by atoms with E-state index < -0.39 is 41.6 Å². The molecule has 2 aliphatic carbocycles. The zero-order valence-corrected chi connectivity index (χ0v) is 30.4. The largest absolute Gasteiger partial charge is 0.454 e. The van der Waals surface area contributed by atoms with Crippen LogP contribution in [0.25, 0.3) is 0 Å². The molecule has 6 rings (SSSR count). The summed E-state index contributed by atoms with van der Waals surface area (Å²) in [6.07, 6.45) is 0.816. The number of aromatic nitrogens is 4. The van der Waals surface area contributed by atoms with Crippen LogP contribution in [0.4, 0.5) is 35.9 Å². The van der Waals surface area contributed by atoms with E-state index in [4.69, 9.17) is 16.3 Å². The van der Waals surface area contributed by atoms with E-state index in [1.807, 2.05) is 26.0 Å². The number of fused-ring (bicyclic) bond motifs is 1. The van der Waals surface area contributed by atoms with E-state index in [1.165, 1.54) is 11.3 Å². The average molecular weight is 772 g/mol. The molecule has 2 heterocycles. The summed E-state index contributed by atoms with van der Waals surface area (Å²) in [6.45, 7) is 2.38. The van der Waals surface area contributed by atoms with Crippen LogP contribution in [0.1, 0.15) is 66.0 Å². The van der Waals surface area contributed by atoms with E-state index in [1.54, 1.807) is 36.4 Å². The second kappa shape index (κ2) is 15.5. The van der Waals surface area contributed by atoms with Crippen LogP contribution in [0.3, 0.4) is 0 Å². The molecule has 13 nitrogen and oxygen atoms in total. The number of anilines is 4. The second-order valence-corrected chi connectivity index (χ2v) is 15.2. The maximum absolute atomic E-state index is 13.0.